The molecule has 4 heteroatoms. The Morgan fingerprint density at radius 2 is 1.68 bits per heavy atom. The molecule has 19 heavy (non-hydrogen) atoms. The van der Waals surface area contributed by atoms with Crippen LogP contribution in [0.3, 0.4) is 0 Å². The number of amides is 1. The first-order chi connectivity index (χ1) is 8.99. The van der Waals surface area contributed by atoms with Crippen LogP contribution in [0.5, 0.6) is 0 Å². The molecule has 0 unspecified atom stereocenters. The number of hydrogen-bond acceptors (Lipinski definition) is 2. The maximum atomic E-state index is 12.2. The highest BCUT2D eigenvalue weighted by molar-refractivity contribution is 6.30. The second-order valence-corrected chi connectivity index (χ2v) is 4.58. The Labute approximate surface area is 118 Å². The van der Waals surface area contributed by atoms with E-state index in [1.807, 2.05) is 13.8 Å². The number of likely N-dealkylation sites (N-methyl/N-ethyl adjacent to an activating group) is 1. The Morgan fingerprint density at radius 3 is 2.11 bits per heavy atom. The number of carbonyl (C=O) groups excluding carboxylic acids is 2. The molecule has 1 aromatic carbocycles. The zero-order valence-corrected chi connectivity index (χ0v) is 12.2. The topological polar surface area (TPSA) is 37.4 Å². The lowest BCUT2D eigenvalue weighted by atomic mass is 10.1. The molecule has 0 atom stereocenters. The molecule has 0 saturated carbocycles. The highest BCUT2D eigenvalue weighted by Gasteiger charge is 2.19. The molecule has 1 rings (SSSR count). The van der Waals surface area contributed by atoms with Crippen molar-refractivity contribution < 1.29 is 9.59 Å². The van der Waals surface area contributed by atoms with E-state index in [2.05, 4.69) is 0 Å². The summed E-state index contributed by atoms with van der Waals surface area (Å²) in [5.74, 6) is -0.459. The minimum absolute atomic E-state index is 0.200. The summed E-state index contributed by atoms with van der Waals surface area (Å²) in [6.45, 7) is 6.35. The van der Waals surface area contributed by atoms with Gasteiger partial charge in [0, 0.05) is 18.1 Å². The van der Waals surface area contributed by atoms with Crippen LogP contribution in [0.1, 0.15) is 26.3 Å². The summed E-state index contributed by atoms with van der Waals surface area (Å²) < 4.78 is 0. The van der Waals surface area contributed by atoms with Crippen molar-refractivity contribution in [2.75, 3.05) is 13.1 Å². The van der Waals surface area contributed by atoms with E-state index in [9.17, 15) is 9.59 Å². The molecule has 0 bridgehead atoms. The first-order valence-corrected chi connectivity index (χ1v) is 6.64. The average molecular weight is 280 g/mol. The smallest absolute Gasteiger partial charge is 0.257 e. The van der Waals surface area contributed by atoms with Crippen LogP contribution in [-0.4, -0.2) is 29.7 Å². The van der Waals surface area contributed by atoms with Gasteiger partial charge in [0.2, 0.25) is 0 Å². The van der Waals surface area contributed by atoms with Crippen LogP contribution >= 0.6 is 11.6 Å². The summed E-state index contributed by atoms with van der Waals surface area (Å²) in [7, 11) is 0. The fourth-order valence-electron chi connectivity index (χ4n) is 1.72. The highest BCUT2D eigenvalue weighted by Crippen LogP contribution is 2.14. The number of ketones is 1. The second-order valence-electron chi connectivity index (χ2n) is 4.14. The molecule has 0 aliphatic rings. The first kappa shape index (κ1) is 15.4. The monoisotopic (exact) mass is 279 g/mol. The van der Waals surface area contributed by atoms with Gasteiger partial charge in [0.15, 0.2) is 5.78 Å². The molecular formula is C15H18ClNO2. The molecule has 102 valence electrons. The van der Waals surface area contributed by atoms with Crippen molar-refractivity contribution in [1.82, 2.24) is 4.90 Å². The van der Waals surface area contributed by atoms with Gasteiger partial charge in [0.25, 0.3) is 5.91 Å². The van der Waals surface area contributed by atoms with Crippen LogP contribution in [0.2, 0.25) is 5.02 Å². The van der Waals surface area contributed by atoms with E-state index in [0.717, 1.165) is 5.56 Å². The summed E-state index contributed by atoms with van der Waals surface area (Å²) in [6, 6.07) is 7.02. The van der Waals surface area contributed by atoms with E-state index < -0.39 is 0 Å². The molecule has 0 aliphatic carbocycles. The fraction of sp³-hybridized carbons (Fsp3) is 0.333. The van der Waals surface area contributed by atoms with Crippen LogP contribution in [0.4, 0.5) is 0 Å². The van der Waals surface area contributed by atoms with Crippen LogP contribution in [0.25, 0.3) is 6.08 Å². The summed E-state index contributed by atoms with van der Waals surface area (Å²) >= 11 is 5.81. The minimum Gasteiger partial charge on any atom is -0.339 e. The van der Waals surface area contributed by atoms with Gasteiger partial charge in [-0.1, -0.05) is 23.7 Å². The third kappa shape index (κ3) is 4.21. The van der Waals surface area contributed by atoms with Crippen molar-refractivity contribution in [1.29, 1.82) is 0 Å². The normalized spacial score (nSPS) is 11.3. The van der Waals surface area contributed by atoms with Crippen molar-refractivity contribution in [2.24, 2.45) is 0 Å². The maximum Gasteiger partial charge on any atom is 0.257 e. The van der Waals surface area contributed by atoms with Gasteiger partial charge < -0.3 is 4.90 Å². The standard InChI is InChI=1S/C15H18ClNO2/c1-4-17(5-2)15(19)14(11(3)18)10-12-6-8-13(16)9-7-12/h6-10H,4-5H2,1-3H3/b14-10+. The van der Waals surface area contributed by atoms with Crippen LogP contribution in [-0.2, 0) is 9.59 Å². The number of halogens is 1. The lowest BCUT2D eigenvalue weighted by molar-refractivity contribution is -0.128. The minimum atomic E-state index is -0.230. The number of nitrogens with zero attached hydrogens (tertiary/aromatic N) is 1. The quantitative estimate of drug-likeness (QED) is 0.472. The van der Waals surface area contributed by atoms with Crippen molar-refractivity contribution >= 4 is 29.4 Å². The average Bonchev–Trinajstić information content (AvgIpc) is 2.38. The zero-order chi connectivity index (χ0) is 14.4. The molecule has 0 saturated heterocycles. The Balaban J connectivity index is 3.10. The fourth-order valence-corrected chi connectivity index (χ4v) is 1.85. The van der Waals surface area contributed by atoms with E-state index in [1.54, 1.807) is 35.2 Å². The zero-order valence-electron chi connectivity index (χ0n) is 11.4. The van der Waals surface area contributed by atoms with Crippen molar-refractivity contribution in [3.63, 3.8) is 0 Å². The summed E-state index contributed by atoms with van der Waals surface area (Å²) in [5.41, 5.74) is 0.987. The Bertz CT molecular complexity index is 487. The highest BCUT2D eigenvalue weighted by atomic mass is 35.5. The van der Waals surface area contributed by atoms with E-state index >= 15 is 0 Å². The largest absolute Gasteiger partial charge is 0.339 e. The Hall–Kier alpha value is -1.61. The molecule has 0 heterocycles. The van der Waals surface area contributed by atoms with Gasteiger partial charge in [-0.2, -0.15) is 0 Å². The van der Waals surface area contributed by atoms with Gasteiger partial charge in [-0.15, -0.1) is 0 Å². The van der Waals surface area contributed by atoms with E-state index in [1.165, 1.54) is 6.92 Å². The Morgan fingerprint density at radius 1 is 1.16 bits per heavy atom. The maximum absolute atomic E-state index is 12.2. The Kier molecular flexibility index (Phi) is 5.77. The third-order valence-electron chi connectivity index (χ3n) is 2.84. The predicted octanol–water partition coefficient (Wildman–Crippen LogP) is 3.18. The van der Waals surface area contributed by atoms with Gasteiger partial charge in [0.05, 0.1) is 5.57 Å². The van der Waals surface area contributed by atoms with Crippen LogP contribution < -0.4 is 0 Å². The van der Waals surface area contributed by atoms with Crippen LogP contribution in [0.15, 0.2) is 29.8 Å². The summed E-state index contributed by atoms with van der Waals surface area (Å²) in [4.78, 5) is 25.5. The first-order valence-electron chi connectivity index (χ1n) is 6.27. The molecule has 0 radical (unpaired) electrons. The van der Waals surface area contributed by atoms with Crippen molar-refractivity contribution in [3.05, 3.63) is 40.4 Å². The van der Waals surface area contributed by atoms with Gasteiger partial charge in [0.1, 0.15) is 0 Å². The van der Waals surface area contributed by atoms with Gasteiger partial charge in [-0.3, -0.25) is 9.59 Å². The predicted molar refractivity (Wildman–Crippen MR) is 78.0 cm³/mol. The van der Waals surface area contributed by atoms with E-state index in [-0.39, 0.29) is 17.3 Å². The van der Waals surface area contributed by atoms with Crippen LogP contribution in [0, 0.1) is 0 Å². The molecule has 0 aromatic heterocycles. The number of carbonyl (C=O) groups is 2. The number of Topliss-reactive ketones (excluding diaryl/α,β-unsaturated/α-hetero) is 1. The van der Waals surface area contributed by atoms with Gasteiger partial charge in [-0.25, -0.2) is 0 Å². The molecule has 0 fully saturated rings. The number of benzene rings is 1. The number of rotatable bonds is 5. The molecule has 0 spiro atoms. The lowest BCUT2D eigenvalue weighted by Gasteiger charge is -2.19. The SMILES string of the molecule is CCN(CC)C(=O)/C(=C/c1ccc(Cl)cc1)C(C)=O. The molecule has 1 aromatic rings. The van der Waals surface area contributed by atoms with E-state index in [0.29, 0.717) is 18.1 Å². The summed E-state index contributed by atoms with van der Waals surface area (Å²) in [6.07, 6.45) is 1.61. The molecular weight excluding hydrogens is 262 g/mol. The van der Waals surface area contributed by atoms with Gasteiger partial charge in [-0.05, 0) is 44.5 Å². The van der Waals surface area contributed by atoms with Crippen molar-refractivity contribution in [3.8, 4) is 0 Å². The van der Waals surface area contributed by atoms with Crippen molar-refractivity contribution in [2.45, 2.75) is 20.8 Å². The van der Waals surface area contributed by atoms with Gasteiger partial charge >= 0.3 is 0 Å². The summed E-state index contributed by atoms with van der Waals surface area (Å²) in [5, 5.41) is 0.622. The van der Waals surface area contributed by atoms with E-state index in [4.69, 9.17) is 11.6 Å². The molecule has 3 nitrogen and oxygen atoms in total. The molecule has 0 aliphatic heterocycles. The number of hydrogen-bond donors (Lipinski definition) is 0. The lowest BCUT2D eigenvalue weighted by Crippen LogP contribution is -2.33. The third-order valence-corrected chi connectivity index (χ3v) is 3.09. The molecule has 1 amide bonds. The second kappa shape index (κ2) is 7.10. The molecule has 0 N–H and O–H groups in total.